The summed E-state index contributed by atoms with van der Waals surface area (Å²) in [4.78, 5) is 0. The Bertz CT molecular complexity index is 200. The Hall–Kier alpha value is 0.0500. The first kappa shape index (κ1) is 13.1. The molecule has 0 aliphatic carbocycles. The Balaban J connectivity index is 2.71. The van der Waals surface area contributed by atoms with Crippen molar-refractivity contribution >= 4 is 11.6 Å². The molecule has 0 aromatic carbocycles. The van der Waals surface area contributed by atoms with E-state index < -0.39 is 30.7 Å². The number of hydrogen-bond donors (Lipinski definition) is 4. The molecule has 4 N–H and O–H groups in total. The number of aliphatic hydroxyl groups excluding tert-OH is 4. The quantitative estimate of drug-likeness (QED) is 0.428. The lowest BCUT2D eigenvalue weighted by molar-refractivity contribution is -0.347. The van der Waals surface area contributed by atoms with Crippen molar-refractivity contribution in [2.24, 2.45) is 0 Å². The Kier molecular flexibility index (Phi) is 4.72. The summed E-state index contributed by atoms with van der Waals surface area (Å²) in [6, 6.07) is 0. The molecule has 15 heavy (non-hydrogen) atoms. The third kappa shape index (κ3) is 2.59. The topological polar surface area (TPSA) is 99.4 Å². The number of hydrogen-bond acceptors (Lipinski definition) is 6. The average molecular weight is 243 g/mol. The number of ether oxygens (including phenoxy) is 2. The van der Waals surface area contributed by atoms with Crippen LogP contribution in [0.2, 0.25) is 0 Å². The smallest absolute Gasteiger partial charge is 0.221 e. The summed E-state index contributed by atoms with van der Waals surface area (Å²) in [5.74, 6) is -1.54. The van der Waals surface area contributed by atoms with Gasteiger partial charge in [-0.05, 0) is 0 Å². The summed E-state index contributed by atoms with van der Waals surface area (Å²) >= 11 is 5.40. The van der Waals surface area contributed by atoms with Crippen LogP contribution in [-0.2, 0) is 9.47 Å². The van der Waals surface area contributed by atoms with E-state index in [0.717, 1.165) is 0 Å². The van der Waals surface area contributed by atoms with E-state index in [1.54, 1.807) is 0 Å². The molecule has 0 unspecified atom stereocenters. The van der Waals surface area contributed by atoms with Crippen molar-refractivity contribution in [3.63, 3.8) is 0 Å². The lowest BCUT2D eigenvalue weighted by Crippen LogP contribution is -2.63. The van der Waals surface area contributed by atoms with Gasteiger partial charge in [0.15, 0.2) is 0 Å². The summed E-state index contributed by atoms with van der Waals surface area (Å²) in [6.07, 6.45) is -4.13. The van der Waals surface area contributed by atoms with Crippen LogP contribution in [0.1, 0.15) is 0 Å². The van der Waals surface area contributed by atoms with Crippen molar-refractivity contribution in [3.05, 3.63) is 0 Å². The lowest BCUT2D eigenvalue weighted by Gasteiger charge is -2.43. The molecule has 1 aliphatic heterocycles. The molecule has 0 amide bonds. The number of aliphatic hydroxyl groups is 4. The first-order chi connectivity index (χ1) is 7.07. The van der Waals surface area contributed by atoms with E-state index in [4.69, 9.17) is 26.2 Å². The molecule has 0 radical (unpaired) electrons. The summed E-state index contributed by atoms with van der Waals surface area (Å²) in [5, 5.41) is 37.3. The Labute approximate surface area is 92.0 Å². The SMILES string of the molecule is OC[C@]1(OCCCl)OC[C@H](O)[C@@H](O)[C@H]1O. The molecule has 7 heteroatoms. The molecule has 0 saturated carbocycles. The van der Waals surface area contributed by atoms with Gasteiger partial charge in [-0.1, -0.05) is 0 Å². The molecule has 4 atom stereocenters. The fourth-order valence-corrected chi connectivity index (χ4v) is 1.48. The Morgan fingerprint density at radius 1 is 1.40 bits per heavy atom. The van der Waals surface area contributed by atoms with Crippen molar-refractivity contribution in [1.82, 2.24) is 0 Å². The summed E-state index contributed by atoms with van der Waals surface area (Å²) < 4.78 is 10.1. The van der Waals surface area contributed by atoms with Gasteiger partial charge in [0.25, 0.3) is 0 Å². The lowest BCUT2D eigenvalue weighted by atomic mass is 9.97. The molecule has 1 aliphatic rings. The molecule has 0 aromatic heterocycles. The Morgan fingerprint density at radius 3 is 2.60 bits per heavy atom. The number of alkyl halides is 1. The largest absolute Gasteiger partial charge is 0.391 e. The van der Waals surface area contributed by atoms with Gasteiger partial charge in [-0.25, -0.2) is 0 Å². The highest BCUT2D eigenvalue weighted by molar-refractivity contribution is 6.17. The zero-order valence-corrected chi connectivity index (χ0v) is 8.80. The van der Waals surface area contributed by atoms with Crippen LogP contribution in [0.5, 0.6) is 0 Å². The molecule has 1 heterocycles. The van der Waals surface area contributed by atoms with Crippen LogP contribution in [-0.4, -0.2) is 70.2 Å². The zero-order valence-electron chi connectivity index (χ0n) is 8.04. The highest BCUT2D eigenvalue weighted by atomic mass is 35.5. The van der Waals surface area contributed by atoms with E-state index in [0.29, 0.717) is 0 Å². The third-order valence-corrected chi connectivity index (χ3v) is 2.46. The van der Waals surface area contributed by atoms with E-state index in [2.05, 4.69) is 0 Å². The minimum absolute atomic E-state index is 0.0575. The summed E-state index contributed by atoms with van der Waals surface area (Å²) in [5.41, 5.74) is 0. The first-order valence-corrected chi connectivity index (χ1v) is 5.10. The van der Waals surface area contributed by atoms with Crippen molar-refractivity contribution in [1.29, 1.82) is 0 Å². The van der Waals surface area contributed by atoms with Crippen LogP contribution in [0.25, 0.3) is 0 Å². The van der Waals surface area contributed by atoms with E-state index in [-0.39, 0.29) is 19.1 Å². The standard InChI is InChI=1S/C8H15ClO6/c9-1-2-14-8(4-10)7(13)6(12)5(11)3-15-8/h5-7,10-13H,1-4H2/t5-,6+,7+,8-/m0/s1. The third-order valence-electron chi connectivity index (χ3n) is 2.31. The van der Waals surface area contributed by atoms with Gasteiger partial charge < -0.3 is 29.9 Å². The molecular weight excluding hydrogens is 228 g/mol. The second-order valence-corrected chi connectivity index (χ2v) is 3.70. The van der Waals surface area contributed by atoms with E-state index in [9.17, 15) is 15.3 Å². The van der Waals surface area contributed by atoms with E-state index in [1.165, 1.54) is 0 Å². The summed E-state index contributed by atoms with van der Waals surface area (Å²) in [6.45, 7) is -0.794. The second-order valence-electron chi connectivity index (χ2n) is 3.32. The number of rotatable bonds is 4. The molecule has 1 saturated heterocycles. The fraction of sp³-hybridized carbons (Fsp3) is 1.00. The van der Waals surface area contributed by atoms with Gasteiger partial charge in [-0.2, -0.15) is 0 Å². The summed E-state index contributed by atoms with van der Waals surface area (Å²) in [7, 11) is 0. The zero-order chi connectivity index (χ0) is 11.5. The van der Waals surface area contributed by atoms with Crippen LogP contribution < -0.4 is 0 Å². The molecule has 1 rings (SSSR count). The molecule has 0 spiro atoms. The maximum Gasteiger partial charge on any atom is 0.221 e. The maximum absolute atomic E-state index is 9.62. The van der Waals surface area contributed by atoms with Crippen LogP contribution >= 0.6 is 11.6 Å². The predicted molar refractivity (Wildman–Crippen MR) is 50.5 cm³/mol. The van der Waals surface area contributed by atoms with Gasteiger partial charge >= 0.3 is 0 Å². The first-order valence-electron chi connectivity index (χ1n) is 4.56. The fourth-order valence-electron chi connectivity index (χ4n) is 1.40. The van der Waals surface area contributed by atoms with Crippen molar-refractivity contribution < 1.29 is 29.9 Å². The number of halogens is 1. The molecular formula is C8H15ClO6. The van der Waals surface area contributed by atoms with E-state index in [1.807, 2.05) is 0 Å². The van der Waals surface area contributed by atoms with Gasteiger partial charge in [-0.3, -0.25) is 0 Å². The van der Waals surface area contributed by atoms with Gasteiger partial charge in [0.1, 0.15) is 24.9 Å². The second kappa shape index (κ2) is 5.40. The molecule has 6 nitrogen and oxygen atoms in total. The minimum atomic E-state index is -1.70. The van der Waals surface area contributed by atoms with Gasteiger partial charge in [0.2, 0.25) is 5.79 Å². The molecule has 1 fully saturated rings. The van der Waals surface area contributed by atoms with E-state index >= 15 is 0 Å². The normalized spacial score (nSPS) is 41.8. The molecule has 90 valence electrons. The van der Waals surface area contributed by atoms with Gasteiger partial charge in [0, 0.05) is 5.88 Å². The monoisotopic (exact) mass is 242 g/mol. The van der Waals surface area contributed by atoms with Crippen molar-refractivity contribution in [3.8, 4) is 0 Å². The highest BCUT2D eigenvalue weighted by Crippen LogP contribution is 2.27. The minimum Gasteiger partial charge on any atom is -0.391 e. The maximum atomic E-state index is 9.62. The van der Waals surface area contributed by atoms with Crippen LogP contribution in [0.15, 0.2) is 0 Å². The van der Waals surface area contributed by atoms with Crippen LogP contribution in [0.4, 0.5) is 0 Å². The van der Waals surface area contributed by atoms with Crippen molar-refractivity contribution in [2.45, 2.75) is 24.1 Å². The van der Waals surface area contributed by atoms with Gasteiger partial charge in [-0.15, -0.1) is 11.6 Å². The Morgan fingerprint density at radius 2 is 2.07 bits per heavy atom. The van der Waals surface area contributed by atoms with Crippen LogP contribution in [0, 0.1) is 0 Å². The predicted octanol–water partition coefficient (Wildman–Crippen LogP) is -1.96. The van der Waals surface area contributed by atoms with Gasteiger partial charge in [0.05, 0.1) is 13.2 Å². The van der Waals surface area contributed by atoms with Crippen LogP contribution in [0.3, 0.4) is 0 Å². The molecule has 0 aromatic rings. The van der Waals surface area contributed by atoms with Crippen molar-refractivity contribution in [2.75, 3.05) is 25.7 Å². The highest BCUT2D eigenvalue weighted by Gasteiger charge is 2.50. The average Bonchev–Trinajstić information content (AvgIpc) is 2.26. The molecule has 0 bridgehead atoms.